The molecule has 53 heavy (non-hydrogen) atoms. The summed E-state index contributed by atoms with van der Waals surface area (Å²) in [4.78, 5) is 25.2. The minimum atomic E-state index is -4.59. The van der Waals surface area contributed by atoms with Crippen LogP contribution in [0.25, 0.3) is 0 Å². The Bertz CT molecular complexity index is 1010. The summed E-state index contributed by atoms with van der Waals surface area (Å²) in [5, 5.41) is 13.6. The third-order valence-electron chi connectivity index (χ3n) is 9.33. The molecule has 0 radical (unpaired) electrons. The van der Waals surface area contributed by atoms with Crippen molar-refractivity contribution < 1.29 is 32.9 Å². The second-order valence-corrected chi connectivity index (χ2v) is 17.1. The lowest BCUT2D eigenvalue weighted by Crippen LogP contribution is -2.45. The van der Waals surface area contributed by atoms with Crippen LogP contribution in [0, 0.1) is 0 Å². The predicted molar refractivity (Wildman–Crippen MR) is 224 cm³/mol. The summed E-state index contributed by atoms with van der Waals surface area (Å²) in [6, 6.07) is -0.909. The number of phosphoric ester groups is 1. The first-order valence-corrected chi connectivity index (χ1v) is 22.9. The van der Waals surface area contributed by atoms with Gasteiger partial charge in [0.25, 0.3) is 7.82 Å². The van der Waals surface area contributed by atoms with Crippen molar-refractivity contribution in [2.45, 2.75) is 187 Å². The molecule has 0 rings (SSSR count). The molecular formula is C44H83N2O6P. The Balaban J connectivity index is 4.28. The van der Waals surface area contributed by atoms with Crippen molar-refractivity contribution in [3.63, 3.8) is 0 Å². The molecule has 1 amide bonds. The van der Waals surface area contributed by atoms with E-state index in [4.69, 9.17) is 9.05 Å². The molecule has 0 aliphatic carbocycles. The van der Waals surface area contributed by atoms with Crippen molar-refractivity contribution in [3.05, 3.63) is 48.6 Å². The Morgan fingerprint density at radius 1 is 0.679 bits per heavy atom. The molecule has 310 valence electrons. The average Bonchev–Trinajstić information content (AvgIpc) is 3.10. The minimum Gasteiger partial charge on any atom is -0.756 e. The molecule has 0 saturated carbocycles. The third-order valence-corrected chi connectivity index (χ3v) is 10.3. The molecule has 3 unspecified atom stereocenters. The number of phosphoric acid groups is 1. The lowest BCUT2D eigenvalue weighted by atomic mass is 10.0. The summed E-state index contributed by atoms with van der Waals surface area (Å²) in [6.45, 7) is 4.37. The fraction of sp³-hybridized carbons (Fsp3) is 0.795. The van der Waals surface area contributed by atoms with Gasteiger partial charge in [-0.15, -0.1) is 0 Å². The van der Waals surface area contributed by atoms with Gasteiger partial charge in [0.15, 0.2) is 0 Å². The molecule has 0 aromatic heterocycles. The summed E-state index contributed by atoms with van der Waals surface area (Å²) in [5.41, 5.74) is 0. The third kappa shape index (κ3) is 38.5. The highest BCUT2D eigenvalue weighted by molar-refractivity contribution is 7.45. The van der Waals surface area contributed by atoms with Gasteiger partial charge in [-0.1, -0.05) is 152 Å². The maximum Gasteiger partial charge on any atom is 0.268 e. The number of carbonyl (C=O) groups excluding carboxylic acids is 1. The molecule has 0 fully saturated rings. The van der Waals surface area contributed by atoms with Crippen molar-refractivity contribution in [1.82, 2.24) is 5.32 Å². The van der Waals surface area contributed by atoms with E-state index in [2.05, 4.69) is 42.6 Å². The number of aliphatic hydroxyl groups is 1. The average molecular weight is 767 g/mol. The number of rotatable bonds is 38. The molecule has 0 heterocycles. The Kier molecular flexibility index (Phi) is 35.1. The van der Waals surface area contributed by atoms with Crippen LogP contribution < -0.4 is 10.2 Å². The van der Waals surface area contributed by atoms with Gasteiger partial charge < -0.3 is 28.8 Å². The Morgan fingerprint density at radius 3 is 1.64 bits per heavy atom. The topological polar surface area (TPSA) is 108 Å². The zero-order chi connectivity index (χ0) is 39.3. The van der Waals surface area contributed by atoms with Crippen LogP contribution in [0.2, 0.25) is 0 Å². The molecule has 3 atom stereocenters. The van der Waals surface area contributed by atoms with E-state index >= 15 is 0 Å². The fourth-order valence-electron chi connectivity index (χ4n) is 5.89. The number of aliphatic hydroxyl groups excluding tert-OH is 1. The zero-order valence-electron chi connectivity index (χ0n) is 35.0. The van der Waals surface area contributed by atoms with Gasteiger partial charge in [-0.25, -0.2) is 0 Å². The molecule has 0 saturated heterocycles. The van der Waals surface area contributed by atoms with Gasteiger partial charge in [0.05, 0.1) is 39.9 Å². The molecular weight excluding hydrogens is 683 g/mol. The van der Waals surface area contributed by atoms with Crippen LogP contribution in [-0.4, -0.2) is 68.5 Å². The summed E-state index contributed by atoms with van der Waals surface area (Å²) in [5.74, 6) is -0.221. The standard InChI is InChI=1S/C44H83N2O6P/c1-6-8-10-12-14-16-17-18-19-20-21-22-23-24-25-26-27-28-30-32-34-36-38-44(48)45-42(41-52-53(49,50)51-40-39-46(3,4)5)43(47)37-35-33-31-29-15-13-11-9-7-2/h7,9,15,23-24,29,35,37,42-43,47H,6,8,10-14,16-22,25-28,30-34,36,38-41H2,1-5H3,(H-,45,48,49,50)/b9-7+,24-23-,29-15+,37-35+. The summed E-state index contributed by atoms with van der Waals surface area (Å²) >= 11 is 0. The van der Waals surface area contributed by atoms with Gasteiger partial charge in [-0.2, -0.15) is 0 Å². The van der Waals surface area contributed by atoms with Crippen molar-refractivity contribution in [3.8, 4) is 0 Å². The van der Waals surface area contributed by atoms with Gasteiger partial charge in [-0.05, 0) is 64.7 Å². The van der Waals surface area contributed by atoms with Gasteiger partial charge in [0.2, 0.25) is 5.91 Å². The van der Waals surface area contributed by atoms with E-state index in [0.717, 1.165) is 44.9 Å². The first kappa shape index (κ1) is 51.5. The molecule has 2 N–H and O–H groups in total. The second-order valence-electron chi connectivity index (χ2n) is 15.7. The van der Waals surface area contributed by atoms with Crippen LogP contribution in [0.3, 0.4) is 0 Å². The highest BCUT2D eigenvalue weighted by Crippen LogP contribution is 2.38. The summed E-state index contributed by atoms with van der Waals surface area (Å²) < 4.78 is 23.1. The molecule has 9 heteroatoms. The van der Waals surface area contributed by atoms with Crippen LogP contribution in [0.15, 0.2) is 48.6 Å². The molecule has 0 aliphatic heterocycles. The SMILES string of the molecule is C/C=C/CC/C=C/CC/C=C/C(O)C(COP(=O)([O-])OCC[N+](C)(C)C)NC(=O)CCCCCCCCC/C=C\CCCCCCCCCCCCC. The quantitative estimate of drug-likeness (QED) is 0.0280. The molecule has 0 aromatic rings. The first-order chi connectivity index (χ1) is 25.5. The lowest BCUT2D eigenvalue weighted by Gasteiger charge is -2.29. The molecule has 0 aliphatic rings. The van der Waals surface area contributed by atoms with Crippen LogP contribution in [0.4, 0.5) is 0 Å². The normalized spacial score (nSPS) is 14.9. The van der Waals surface area contributed by atoms with Gasteiger partial charge in [0.1, 0.15) is 13.2 Å². The van der Waals surface area contributed by atoms with E-state index in [1.165, 1.54) is 109 Å². The number of allylic oxidation sites excluding steroid dienone is 7. The van der Waals surface area contributed by atoms with E-state index in [1.807, 2.05) is 40.2 Å². The fourth-order valence-corrected chi connectivity index (χ4v) is 6.61. The van der Waals surface area contributed by atoms with Crippen molar-refractivity contribution in [1.29, 1.82) is 0 Å². The molecule has 0 spiro atoms. The number of likely N-dealkylation sites (N-methyl/N-ethyl adjacent to an activating group) is 1. The van der Waals surface area contributed by atoms with Crippen LogP contribution in [0.5, 0.6) is 0 Å². The number of quaternary nitrogens is 1. The Hall–Kier alpha value is -1.54. The van der Waals surface area contributed by atoms with E-state index in [0.29, 0.717) is 17.4 Å². The van der Waals surface area contributed by atoms with Crippen molar-refractivity contribution >= 4 is 13.7 Å². The second kappa shape index (κ2) is 36.1. The molecule has 0 bridgehead atoms. The first-order valence-electron chi connectivity index (χ1n) is 21.5. The molecule has 0 aromatic carbocycles. The Labute approximate surface area is 327 Å². The number of hydrogen-bond acceptors (Lipinski definition) is 6. The van der Waals surface area contributed by atoms with E-state index in [1.54, 1.807) is 6.08 Å². The largest absolute Gasteiger partial charge is 0.756 e. The lowest BCUT2D eigenvalue weighted by molar-refractivity contribution is -0.870. The number of amides is 1. The van der Waals surface area contributed by atoms with Crippen LogP contribution in [0.1, 0.15) is 174 Å². The highest BCUT2D eigenvalue weighted by Gasteiger charge is 2.23. The van der Waals surface area contributed by atoms with Gasteiger partial charge >= 0.3 is 0 Å². The summed E-state index contributed by atoms with van der Waals surface area (Å²) in [6.07, 6.45) is 44.8. The zero-order valence-corrected chi connectivity index (χ0v) is 35.8. The van der Waals surface area contributed by atoms with E-state index < -0.39 is 26.6 Å². The number of unbranched alkanes of at least 4 members (excludes halogenated alkanes) is 20. The van der Waals surface area contributed by atoms with Gasteiger partial charge in [-0.3, -0.25) is 9.36 Å². The van der Waals surface area contributed by atoms with Crippen LogP contribution in [-0.2, 0) is 18.4 Å². The summed E-state index contributed by atoms with van der Waals surface area (Å²) in [7, 11) is 1.22. The van der Waals surface area contributed by atoms with Crippen molar-refractivity contribution in [2.75, 3.05) is 40.9 Å². The highest BCUT2D eigenvalue weighted by atomic mass is 31.2. The number of nitrogens with one attached hydrogen (secondary N) is 1. The van der Waals surface area contributed by atoms with Crippen molar-refractivity contribution in [2.24, 2.45) is 0 Å². The number of hydrogen-bond donors (Lipinski definition) is 2. The molecule has 8 nitrogen and oxygen atoms in total. The predicted octanol–water partition coefficient (Wildman–Crippen LogP) is 11.1. The van der Waals surface area contributed by atoms with Gasteiger partial charge in [0, 0.05) is 6.42 Å². The maximum absolute atomic E-state index is 12.8. The van der Waals surface area contributed by atoms with E-state index in [9.17, 15) is 19.4 Å². The maximum atomic E-state index is 12.8. The minimum absolute atomic E-state index is 0.0113. The Morgan fingerprint density at radius 2 is 1.13 bits per heavy atom. The number of carbonyl (C=O) groups is 1. The smallest absolute Gasteiger partial charge is 0.268 e. The van der Waals surface area contributed by atoms with Crippen LogP contribution >= 0.6 is 7.82 Å². The monoisotopic (exact) mass is 767 g/mol. The van der Waals surface area contributed by atoms with E-state index in [-0.39, 0.29) is 12.5 Å². The number of nitrogens with zero attached hydrogens (tertiary/aromatic N) is 1.